The molecule has 2 N–H and O–H groups in total. The third-order valence-electron chi connectivity index (χ3n) is 2.64. The van der Waals surface area contributed by atoms with Gasteiger partial charge in [0.1, 0.15) is 0 Å². The first-order valence-corrected chi connectivity index (χ1v) is 5.89. The van der Waals surface area contributed by atoms with E-state index in [-0.39, 0.29) is 17.4 Å². The molecule has 0 aliphatic heterocycles. The zero-order valence-electron chi connectivity index (χ0n) is 11.1. The van der Waals surface area contributed by atoms with Crippen LogP contribution in [-0.2, 0) is 9.47 Å². The molecule has 0 saturated carbocycles. The van der Waals surface area contributed by atoms with E-state index in [2.05, 4.69) is 0 Å². The number of ether oxygens (including phenoxy) is 2. The maximum atomic E-state index is 12.2. The van der Waals surface area contributed by atoms with Crippen molar-refractivity contribution in [1.29, 1.82) is 0 Å². The lowest BCUT2D eigenvalue weighted by atomic mass is 10.1. The van der Waals surface area contributed by atoms with Crippen LogP contribution < -0.4 is 0 Å². The standard InChI is InChI=1S/C13H19NO5/c1-18-7-5-14(6-8-19-2)13(17)10-3-4-11(15)12(16)9-10/h3-4,9,15-16H,5-8H2,1-2H3. The van der Waals surface area contributed by atoms with Crippen molar-refractivity contribution in [2.75, 3.05) is 40.5 Å². The van der Waals surface area contributed by atoms with Crippen molar-refractivity contribution < 1.29 is 24.5 Å². The zero-order chi connectivity index (χ0) is 14.3. The number of rotatable bonds is 7. The number of phenolic OH excluding ortho intramolecular Hbond substituents is 2. The molecule has 0 atom stereocenters. The molecule has 0 aliphatic rings. The van der Waals surface area contributed by atoms with Gasteiger partial charge in [0, 0.05) is 32.9 Å². The molecule has 0 aromatic heterocycles. The second-order valence-corrected chi connectivity index (χ2v) is 3.98. The van der Waals surface area contributed by atoms with E-state index in [1.54, 1.807) is 19.1 Å². The highest BCUT2D eigenvalue weighted by molar-refractivity contribution is 5.94. The van der Waals surface area contributed by atoms with Gasteiger partial charge in [-0.1, -0.05) is 0 Å². The van der Waals surface area contributed by atoms with E-state index < -0.39 is 0 Å². The van der Waals surface area contributed by atoms with Crippen molar-refractivity contribution in [3.8, 4) is 11.5 Å². The number of methoxy groups -OCH3 is 2. The maximum Gasteiger partial charge on any atom is 0.254 e. The largest absolute Gasteiger partial charge is 0.504 e. The van der Waals surface area contributed by atoms with Crippen LogP contribution in [0.1, 0.15) is 10.4 Å². The van der Waals surface area contributed by atoms with Crippen LogP contribution in [0.3, 0.4) is 0 Å². The summed E-state index contributed by atoms with van der Waals surface area (Å²) in [4.78, 5) is 13.8. The third-order valence-corrected chi connectivity index (χ3v) is 2.64. The predicted molar refractivity (Wildman–Crippen MR) is 69.4 cm³/mol. The minimum Gasteiger partial charge on any atom is -0.504 e. The summed E-state index contributed by atoms with van der Waals surface area (Å²) in [5, 5.41) is 18.6. The molecule has 1 rings (SSSR count). The Morgan fingerprint density at radius 3 is 2.16 bits per heavy atom. The van der Waals surface area contributed by atoms with Gasteiger partial charge in [0.25, 0.3) is 5.91 Å². The smallest absolute Gasteiger partial charge is 0.254 e. The van der Waals surface area contributed by atoms with E-state index in [1.165, 1.54) is 18.2 Å². The number of hydrogen-bond acceptors (Lipinski definition) is 5. The fourth-order valence-corrected chi connectivity index (χ4v) is 1.56. The molecule has 0 bridgehead atoms. The summed E-state index contributed by atoms with van der Waals surface area (Å²) in [6, 6.07) is 3.99. The first-order chi connectivity index (χ1) is 9.10. The average Bonchev–Trinajstić information content (AvgIpc) is 2.41. The maximum absolute atomic E-state index is 12.2. The molecule has 0 fully saturated rings. The molecule has 106 valence electrons. The minimum absolute atomic E-state index is 0.246. The summed E-state index contributed by atoms with van der Waals surface area (Å²) < 4.78 is 9.91. The molecule has 0 heterocycles. The van der Waals surface area contributed by atoms with Crippen molar-refractivity contribution in [3.05, 3.63) is 23.8 Å². The molecule has 0 spiro atoms. The Balaban J connectivity index is 2.81. The number of benzene rings is 1. The first kappa shape index (κ1) is 15.3. The van der Waals surface area contributed by atoms with Crippen molar-refractivity contribution in [3.63, 3.8) is 0 Å². The van der Waals surface area contributed by atoms with Gasteiger partial charge in [0.2, 0.25) is 0 Å². The lowest BCUT2D eigenvalue weighted by Gasteiger charge is -2.22. The van der Waals surface area contributed by atoms with Crippen LogP contribution in [0.2, 0.25) is 0 Å². The highest BCUT2D eigenvalue weighted by Gasteiger charge is 2.16. The van der Waals surface area contributed by atoms with E-state index in [9.17, 15) is 15.0 Å². The number of phenols is 2. The Hall–Kier alpha value is -1.79. The molecule has 1 amide bonds. The Morgan fingerprint density at radius 2 is 1.68 bits per heavy atom. The van der Waals surface area contributed by atoms with Crippen LogP contribution in [0.4, 0.5) is 0 Å². The number of carbonyl (C=O) groups excluding carboxylic acids is 1. The molecule has 0 unspecified atom stereocenters. The summed E-state index contributed by atoms with van der Waals surface area (Å²) in [6.07, 6.45) is 0. The fourth-order valence-electron chi connectivity index (χ4n) is 1.56. The Labute approximate surface area is 112 Å². The van der Waals surface area contributed by atoms with Gasteiger partial charge in [-0.2, -0.15) is 0 Å². The first-order valence-electron chi connectivity index (χ1n) is 5.89. The van der Waals surface area contributed by atoms with Crippen LogP contribution in [0.15, 0.2) is 18.2 Å². The summed E-state index contributed by atoms with van der Waals surface area (Å²) in [7, 11) is 3.12. The number of amides is 1. The van der Waals surface area contributed by atoms with Crippen molar-refractivity contribution in [1.82, 2.24) is 4.90 Å². The fraction of sp³-hybridized carbons (Fsp3) is 0.462. The monoisotopic (exact) mass is 269 g/mol. The normalized spacial score (nSPS) is 10.4. The number of hydrogen-bond donors (Lipinski definition) is 2. The van der Waals surface area contributed by atoms with E-state index in [1.807, 2.05) is 0 Å². The minimum atomic E-state index is -0.315. The molecule has 6 nitrogen and oxygen atoms in total. The van der Waals surface area contributed by atoms with E-state index in [4.69, 9.17) is 9.47 Å². The summed E-state index contributed by atoms with van der Waals surface area (Å²) in [5.74, 6) is -0.814. The highest BCUT2D eigenvalue weighted by atomic mass is 16.5. The molecule has 0 aliphatic carbocycles. The molecular weight excluding hydrogens is 250 g/mol. The Kier molecular flexibility index (Phi) is 6.11. The second-order valence-electron chi connectivity index (χ2n) is 3.98. The van der Waals surface area contributed by atoms with Crippen LogP contribution in [0.5, 0.6) is 11.5 Å². The van der Waals surface area contributed by atoms with Crippen molar-refractivity contribution >= 4 is 5.91 Å². The quantitative estimate of drug-likeness (QED) is 0.717. The summed E-state index contributed by atoms with van der Waals surface area (Å²) in [6.45, 7) is 1.69. The van der Waals surface area contributed by atoms with Crippen LogP contribution >= 0.6 is 0 Å². The van der Waals surface area contributed by atoms with Gasteiger partial charge in [0.15, 0.2) is 11.5 Å². The van der Waals surface area contributed by atoms with Gasteiger partial charge in [0.05, 0.1) is 13.2 Å². The Bertz CT molecular complexity index is 413. The summed E-state index contributed by atoms with van der Waals surface area (Å²) in [5.41, 5.74) is 0.308. The zero-order valence-corrected chi connectivity index (χ0v) is 11.1. The van der Waals surface area contributed by atoms with E-state index in [0.29, 0.717) is 31.9 Å². The average molecular weight is 269 g/mol. The van der Waals surface area contributed by atoms with Gasteiger partial charge in [-0.3, -0.25) is 4.79 Å². The Morgan fingerprint density at radius 1 is 1.11 bits per heavy atom. The molecule has 0 saturated heterocycles. The van der Waals surface area contributed by atoms with E-state index in [0.717, 1.165) is 0 Å². The molecule has 6 heteroatoms. The van der Waals surface area contributed by atoms with Crippen LogP contribution in [0.25, 0.3) is 0 Å². The number of carbonyl (C=O) groups is 1. The van der Waals surface area contributed by atoms with Crippen LogP contribution in [-0.4, -0.2) is 61.5 Å². The lowest BCUT2D eigenvalue weighted by molar-refractivity contribution is 0.0627. The van der Waals surface area contributed by atoms with Gasteiger partial charge < -0.3 is 24.6 Å². The second kappa shape index (κ2) is 7.60. The van der Waals surface area contributed by atoms with Crippen molar-refractivity contribution in [2.45, 2.75) is 0 Å². The lowest BCUT2D eigenvalue weighted by Crippen LogP contribution is -2.36. The predicted octanol–water partition coefficient (Wildman–Crippen LogP) is 0.833. The molecule has 1 aromatic rings. The molecule has 1 aromatic carbocycles. The molecule has 0 radical (unpaired) electrons. The molecule has 19 heavy (non-hydrogen) atoms. The SMILES string of the molecule is COCCN(CCOC)C(=O)c1ccc(O)c(O)c1. The third kappa shape index (κ3) is 4.42. The summed E-state index contributed by atoms with van der Waals surface area (Å²) >= 11 is 0. The number of aromatic hydroxyl groups is 2. The highest BCUT2D eigenvalue weighted by Crippen LogP contribution is 2.25. The van der Waals surface area contributed by atoms with Crippen molar-refractivity contribution in [2.24, 2.45) is 0 Å². The van der Waals surface area contributed by atoms with Gasteiger partial charge in [-0.25, -0.2) is 0 Å². The van der Waals surface area contributed by atoms with Gasteiger partial charge in [-0.05, 0) is 18.2 Å². The van der Waals surface area contributed by atoms with E-state index >= 15 is 0 Å². The topological polar surface area (TPSA) is 79.2 Å². The van der Waals surface area contributed by atoms with Crippen LogP contribution in [0, 0.1) is 0 Å². The number of nitrogens with zero attached hydrogens (tertiary/aromatic N) is 1. The van der Waals surface area contributed by atoms with Gasteiger partial charge in [-0.15, -0.1) is 0 Å². The molecular formula is C13H19NO5. The van der Waals surface area contributed by atoms with Gasteiger partial charge >= 0.3 is 0 Å².